The zero-order valence-electron chi connectivity index (χ0n) is 14.9. The summed E-state index contributed by atoms with van der Waals surface area (Å²) in [5.74, 6) is 0.288. The van der Waals surface area contributed by atoms with Crippen molar-refractivity contribution in [2.24, 2.45) is 0 Å². The summed E-state index contributed by atoms with van der Waals surface area (Å²) in [6.07, 6.45) is 4.77. The molecule has 1 aromatic heterocycles. The van der Waals surface area contributed by atoms with E-state index in [4.69, 9.17) is 25.6 Å². The average molecular weight is 378 g/mol. The van der Waals surface area contributed by atoms with Crippen molar-refractivity contribution in [1.82, 2.24) is 4.98 Å². The number of rotatable bonds is 4. The number of fused-ring (bicyclic) bond motifs is 1. The SMILES string of the molecule is N#Cc1cc2c(cc1F)[C@H](Oc1ccc(N)c(C(=N)c3cnco3)c1)CCC2.[HH]. The molecule has 0 fully saturated rings. The zero-order chi connectivity index (χ0) is 19.7. The van der Waals surface area contributed by atoms with Crippen LogP contribution in [0.1, 0.15) is 48.4 Å². The van der Waals surface area contributed by atoms with E-state index in [1.165, 1.54) is 18.7 Å². The van der Waals surface area contributed by atoms with Crippen LogP contribution in [-0.4, -0.2) is 10.7 Å². The number of oxazole rings is 1. The molecule has 2 aromatic carbocycles. The largest absolute Gasteiger partial charge is 0.486 e. The minimum Gasteiger partial charge on any atom is -0.486 e. The summed E-state index contributed by atoms with van der Waals surface area (Å²) in [7, 11) is 0. The fraction of sp³-hybridized carbons (Fsp3) is 0.190. The molecular formula is C21H19FN4O2. The van der Waals surface area contributed by atoms with E-state index in [1.807, 2.05) is 6.07 Å². The molecule has 1 heterocycles. The van der Waals surface area contributed by atoms with Gasteiger partial charge in [0.25, 0.3) is 0 Å². The van der Waals surface area contributed by atoms with Crippen LogP contribution in [0.4, 0.5) is 10.1 Å². The molecule has 0 unspecified atom stereocenters. The van der Waals surface area contributed by atoms with Crippen LogP contribution in [0.25, 0.3) is 0 Å². The van der Waals surface area contributed by atoms with E-state index in [9.17, 15) is 4.39 Å². The van der Waals surface area contributed by atoms with Crippen LogP contribution in [0.3, 0.4) is 0 Å². The number of nitriles is 1. The van der Waals surface area contributed by atoms with Gasteiger partial charge >= 0.3 is 0 Å². The van der Waals surface area contributed by atoms with E-state index in [2.05, 4.69) is 4.98 Å². The molecule has 1 atom stereocenters. The maximum absolute atomic E-state index is 14.1. The molecule has 3 N–H and O–H groups in total. The summed E-state index contributed by atoms with van der Waals surface area (Å²) >= 11 is 0. The lowest BCUT2D eigenvalue weighted by molar-refractivity contribution is 0.183. The van der Waals surface area contributed by atoms with Crippen molar-refractivity contribution < 1.29 is 15.0 Å². The number of nitrogens with two attached hydrogens (primary N) is 1. The molecule has 7 heteroatoms. The maximum Gasteiger partial charge on any atom is 0.181 e. The molecule has 1 aliphatic rings. The highest BCUT2D eigenvalue weighted by Gasteiger charge is 2.24. The van der Waals surface area contributed by atoms with E-state index >= 15 is 0 Å². The second-order valence-corrected chi connectivity index (χ2v) is 6.63. The van der Waals surface area contributed by atoms with Gasteiger partial charge in [-0.2, -0.15) is 5.26 Å². The van der Waals surface area contributed by atoms with Gasteiger partial charge in [0, 0.05) is 12.7 Å². The van der Waals surface area contributed by atoms with Crippen molar-refractivity contribution >= 4 is 11.4 Å². The minimum atomic E-state index is -0.540. The number of ether oxygens (including phenoxy) is 1. The molecule has 0 radical (unpaired) electrons. The smallest absolute Gasteiger partial charge is 0.181 e. The van der Waals surface area contributed by atoms with E-state index in [0.29, 0.717) is 22.8 Å². The van der Waals surface area contributed by atoms with Crippen LogP contribution in [0.2, 0.25) is 0 Å². The molecule has 0 saturated heterocycles. The number of anilines is 1. The van der Waals surface area contributed by atoms with Crippen molar-refractivity contribution in [3.05, 3.63) is 76.8 Å². The van der Waals surface area contributed by atoms with Crippen LogP contribution in [0.5, 0.6) is 5.75 Å². The molecule has 0 saturated carbocycles. The fourth-order valence-electron chi connectivity index (χ4n) is 3.45. The first-order valence-corrected chi connectivity index (χ1v) is 8.83. The highest BCUT2D eigenvalue weighted by atomic mass is 19.1. The van der Waals surface area contributed by atoms with Crippen molar-refractivity contribution in [3.8, 4) is 11.8 Å². The Kier molecular flexibility index (Phi) is 4.53. The van der Waals surface area contributed by atoms with Gasteiger partial charge in [0.2, 0.25) is 0 Å². The Morgan fingerprint density at radius 1 is 1.39 bits per heavy atom. The number of aromatic nitrogens is 1. The number of hydrogen-bond acceptors (Lipinski definition) is 6. The second-order valence-electron chi connectivity index (χ2n) is 6.63. The summed E-state index contributed by atoms with van der Waals surface area (Å²) in [4.78, 5) is 3.82. The Labute approximate surface area is 162 Å². The number of benzene rings is 2. The van der Waals surface area contributed by atoms with Gasteiger partial charge in [-0.1, -0.05) is 0 Å². The molecule has 142 valence electrons. The summed E-state index contributed by atoms with van der Waals surface area (Å²) in [5, 5.41) is 17.3. The summed E-state index contributed by atoms with van der Waals surface area (Å²) in [6, 6.07) is 9.95. The topological polar surface area (TPSA) is 109 Å². The third-order valence-corrected chi connectivity index (χ3v) is 4.86. The second kappa shape index (κ2) is 7.16. The lowest BCUT2D eigenvalue weighted by Crippen LogP contribution is -2.16. The van der Waals surface area contributed by atoms with Crippen molar-refractivity contribution in [1.29, 1.82) is 10.7 Å². The molecular weight excluding hydrogens is 359 g/mol. The molecule has 0 bridgehead atoms. The molecule has 28 heavy (non-hydrogen) atoms. The lowest BCUT2D eigenvalue weighted by atomic mass is 9.88. The monoisotopic (exact) mass is 378 g/mol. The molecule has 3 aromatic rings. The molecule has 4 rings (SSSR count). The number of nitrogen functional groups attached to an aromatic ring is 1. The van der Waals surface area contributed by atoms with Gasteiger partial charge in [0.15, 0.2) is 12.2 Å². The number of aryl methyl sites for hydroxylation is 1. The standard InChI is InChI=1S/C21H17FN4O2.H2/c22-17-8-15-12(6-13(17)9-23)2-1-3-19(15)28-14-4-5-18(24)16(7-14)21(25)20-10-26-11-27-20;/h4-8,10-11,19,25H,1-3,24H2;1H/t19-;/m1./s1. The van der Waals surface area contributed by atoms with Gasteiger partial charge in [-0.05, 0) is 60.7 Å². The predicted molar refractivity (Wildman–Crippen MR) is 103 cm³/mol. The summed E-state index contributed by atoms with van der Waals surface area (Å²) in [5.41, 5.74) is 8.75. The fourth-order valence-corrected chi connectivity index (χ4v) is 3.45. The molecule has 0 amide bonds. The Hall–Kier alpha value is -3.66. The van der Waals surface area contributed by atoms with Crippen LogP contribution in [-0.2, 0) is 6.42 Å². The Bertz CT molecular complexity index is 1090. The highest BCUT2D eigenvalue weighted by Crippen LogP contribution is 2.36. The van der Waals surface area contributed by atoms with Crippen LogP contribution < -0.4 is 10.5 Å². The minimum absolute atomic E-state index is 0. The lowest BCUT2D eigenvalue weighted by Gasteiger charge is -2.27. The van der Waals surface area contributed by atoms with Gasteiger partial charge in [-0.3, -0.25) is 5.41 Å². The Morgan fingerprint density at radius 3 is 3.00 bits per heavy atom. The Morgan fingerprint density at radius 2 is 2.25 bits per heavy atom. The molecule has 1 aliphatic carbocycles. The first kappa shape index (κ1) is 17.7. The van der Waals surface area contributed by atoms with E-state index in [0.717, 1.165) is 30.4 Å². The summed E-state index contributed by atoms with van der Waals surface area (Å²) < 4.78 is 25.4. The van der Waals surface area contributed by atoms with Crippen LogP contribution in [0.15, 0.2) is 47.3 Å². The normalized spacial score (nSPS) is 15.5. The zero-order valence-corrected chi connectivity index (χ0v) is 14.9. The molecule has 6 nitrogen and oxygen atoms in total. The highest BCUT2D eigenvalue weighted by molar-refractivity contribution is 6.12. The maximum atomic E-state index is 14.1. The third-order valence-electron chi connectivity index (χ3n) is 4.86. The average Bonchev–Trinajstić information content (AvgIpc) is 3.24. The third kappa shape index (κ3) is 3.21. The van der Waals surface area contributed by atoms with E-state index in [-0.39, 0.29) is 18.8 Å². The first-order chi connectivity index (χ1) is 13.6. The van der Waals surface area contributed by atoms with Gasteiger partial charge in [0.05, 0.1) is 11.8 Å². The number of nitrogens with zero attached hydrogens (tertiary/aromatic N) is 2. The van der Waals surface area contributed by atoms with Crippen LogP contribution >= 0.6 is 0 Å². The van der Waals surface area contributed by atoms with Gasteiger partial charge in [-0.25, -0.2) is 9.37 Å². The van der Waals surface area contributed by atoms with Gasteiger partial charge in [0.1, 0.15) is 29.5 Å². The van der Waals surface area contributed by atoms with Crippen molar-refractivity contribution in [3.63, 3.8) is 0 Å². The van der Waals surface area contributed by atoms with Crippen molar-refractivity contribution in [2.75, 3.05) is 5.73 Å². The predicted octanol–water partition coefficient (Wildman–Crippen LogP) is 4.39. The van der Waals surface area contributed by atoms with E-state index in [1.54, 1.807) is 24.3 Å². The van der Waals surface area contributed by atoms with Gasteiger partial charge < -0.3 is 14.9 Å². The quantitative estimate of drug-likeness (QED) is 0.517. The number of hydrogen-bond donors (Lipinski definition) is 2. The van der Waals surface area contributed by atoms with Crippen LogP contribution in [0, 0.1) is 22.6 Å². The number of halogens is 1. The van der Waals surface area contributed by atoms with Gasteiger partial charge in [-0.15, -0.1) is 0 Å². The van der Waals surface area contributed by atoms with E-state index < -0.39 is 5.82 Å². The number of nitrogens with one attached hydrogen (secondary N) is 1. The van der Waals surface area contributed by atoms with Crippen molar-refractivity contribution in [2.45, 2.75) is 25.4 Å². The molecule has 0 aliphatic heterocycles. The Balaban J connectivity index is 0.00000240. The summed E-state index contributed by atoms with van der Waals surface area (Å²) in [6.45, 7) is 0. The molecule has 0 spiro atoms. The first-order valence-electron chi connectivity index (χ1n) is 8.83.